The highest BCUT2D eigenvalue weighted by Crippen LogP contribution is 2.24. The molecule has 0 unspecified atom stereocenters. The second-order valence-electron chi connectivity index (χ2n) is 8.09. The summed E-state index contributed by atoms with van der Waals surface area (Å²) in [6.45, 7) is 3.05. The number of rotatable bonds is 7. The zero-order valence-electron chi connectivity index (χ0n) is 19.2. The number of benzene rings is 2. The maximum absolute atomic E-state index is 14.4. The fourth-order valence-electron chi connectivity index (χ4n) is 3.86. The van der Waals surface area contributed by atoms with E-state index in [1.807, 2.05) is 0 Å². The summed E-state index contributed by atoms with van der Waals surface area (Å²) in [4.78, 5) is 34.8. The predicted molar refractivity (Wildman–Crippen MR) is 128 cm³/mol. The number of likely N-dealkylation sites (tertiary alicyclic amines) is 1. The third kappa shape index (κ3) is 6.03. The van der Waals surface area contributed by atoms with Gasteiger partial charge in [0.2, 0.25) is 5.95 Å². The summed E-state index contributed by atoms with van der Waals surface area (Å²) in [5.41, 5.74) is 1.47. The first kappa shape index (κ1) is 23.9. The molecule has 0 bridgehead atoms. The molecule has 3 aromatic rings. The maximum atomic E-state index is 14.4. The molecule has 2 heterocycles. The molecule has 0 atom stereocenters. The molecule has 35 heavy (non-hydrogen) atoms. The number of halogens is 1. The molecule has 182 valence electrons. The number of carbonyl (C=O) groups excluding carboxylic acids is 2. The van der Waals surface area contributed by atoms with Gasteiger partial charge in [-0.15, -0.1) is 0 Å². The Labute approximate surface area is 202 Å². The first-order valence-corrected chi connectivity index (χ1v) is 11.3. The van der Waals surface area contributed by atoms with Crippen LogP contribution in [-0.2, 0) is 9.53 Å². The molecule has 1 aliphatic rings. The minimum Gasteiger partial charge on any atom is -0.508 e. The average Bonchev–Trinajstić information content (AvgIpc) is 2.86. The van der Waals surface area contributed by atoms with E-state index in [1.54, 1.807) is 48.2 Å². The molecule has 4 rings (SSSR count). The molecular formula is C25H26FN5O4. The standard InChI is InChI=1S/C25H26FN5O4/c1-2-35-24(34)16-9-11-31(12-10-16)23(33)17-5-3-6-18(13-17)28-22-21(26)15-27-25(30-22)29-19-7-4-8-20(32)14-19/h3-8,13-16,32H,2,9-12H2,1H3,(H2,27,28,29,30). The van der Waals surface area contributed by atoms with Gasteiger partial charge in [0.05, 0.1) is 18.7 Å². The number of esters is 1. The molecule has 1 saturated heterocycles. The first-order chi connectivity index (χ1) is 16.9. The van der Waals surface area contributed by atoms with Gasteiger partial charge in [0.15, 0.2) is 11.6 Å². The summed E-state index contributed by atoms with van der Waals surface area (Å²) in [6.07, 6.45) is 2.15. The van der Waals surface area contributed by atoms with Crippen molar-refractivity contribution in [2.45, 2.75) is 19.8 Å². The fraction of sp³-hybridized carbons (Fsp3) is 0.280. The number of phenolic OH excluding ortho intramolecular Hbond substituents is 1. The highest BCUT2D eigenvalue weighted by atomic mass is 19.1. The SMILES string of the molecule is CCOC(=O)C1CCN(C(=O)c2cccc(Nc3nc(Nc4cccc(O)c4)ncc3F)c2)CC1. The molecule has 1 aliphatic heterocycles. The number of hydrogen-bond acceptors (Lipinski definition) is 8. The molecular weight excluding hydrogens is 453 g/mol. The smallest absolute Gasteiger partial charge is 0.309 e. The van der Waals surface area contributed by atoms with E-state index in [4.69, 9.17) is 4.74 Å². The van der Waals surface area contributed by atoms with Crippen molar-refractivity contribution in [2.24, 2.45) is 5.92 Å². The van der Waals surface area contributed by atoms with Crippen LogP contribution in [0.25, 0.3) is 0 Å². The molecule has 2 aromatic carbocycles. The van der Waals surface area contributed by atoms with Crippen molar-refractivity contribution < 1.29 is 23.8 Å². The molecule has 10 heteroatoms. The second-order valence-corrected chi connectivity index (χ2v) is 8.09. The van der Waals surface area contributed by atoms with Gasteiger partial charge in [-0.2, -0.15) is 4.98 Å². The number of anilines is 4. The van der Waals surface area contributed by atoms with Crippen molar-refractivity contribution in [2.75, 3.05) is 30.3 Å². The van der Waals surface area contributed by atoms with Gasteiger partial charge >= 0.3 is 5.97 Å². The van der Waals surface area contributed by atoms with E-state index >= 15 is 0 Å². The second kappa shape index (κ2) is 10.8. The van der Waals surface area contributed by atoms with Crippen LogP contribution in [0.4, 0.5) is 27.5 Å². The number of nitrogens with zero attached hydrogens (tertiary/aromatic N) is 3. The lowest BCUT2D eigenvalue weighted by Gasteiger charge is -2.31. The minimum atomic E-state index is -0.663. The Bertz CT molecular complexity index is 1210. The van der Waals surface area contributed by atoms with E-state index < -0.39 is 5.82 Å². The van der Waals surface area contributed by atoms with Gasteiger partial charge in [-0.1, -0.05) is 12.1 Å². The van der Waals surface area contributed by atoms with Crippen LogP contribution in [0.3, 0.4) is 0 Å². The number of piperidine rings is 1. The Kier molecular flexibility index (Phi) is 7.39. The van der Waals surface area contributed by atoms with Crippen molar-refractivity contribution in [3.8, 4) is 5.75 Å². The molecule has 3 N–H and O–H groups in total. The van der Waals surface area contributed by atoms with Crippen LogP contribution in [-0.4, -0.2) is 51.5 Å². The van der Waals surface area contributed by atoms with Crippen LogP contribution in [0.2, 0.25) is 0 Å². The Balaban J connectivity index is 1.43. The number of aromatic hydroxyl groups is 1. The lowest BCUT2D eigenvalue weighted by Crippen LogP contribution is -2.40. The van der Waals surface area contributed by atoms with Crippen LogP contribution in [0.15, 0.2) is 54.7 Å². The summed E-state index contributed by atoms with van der Waals surface area (Å²) >= 11 is 0. The van der Waals surface area contributed by atoms with Crippen LogP contribution in [0, 0.1) is 11.7 Å². The summed E-state index contributed by atoms with van der Waals surface area (Å²) in [6, 6.07) is 13.1. The van der Waals surface area contributed by atoms with E-state index in [-0.39, 0.29) is 35.3 Å². The van der Waals surface area contributed by atoms with Crippen molar-refractivity contribution in [3.05, 3.63) is 66.1 Å². The Hall–Kier alpha value is -4.21. The van der Waals surface area contributed by atoms with Crippen LogP contribution >= 0.6 is 0 Å². The fourth-order valence-corrected chi connectivity index (χ4v) is 3.86. The molecule has 1 fully saturated rings. The molecule has 1 aromatic heterocycles. The van der Waals surface area contributed by atoms with E-state index in [0.29, 0.717) is 49.5 Å². The van der Waals surface area contributed by atoms with Crippen molar-refractivity contribution in [1.82, 2.24) is 14.9 Å². The topological polar surface area (TPSA) is 117 Å². The van der Waals surface area contributed by atoms with Gasteiger partial charge in [0.25, 0.3) is 5.91 Å². The maximum Gasteiger partial charge on any atom is 0.309 e. The summed E-state index contributed by atoms with van der Waals surface area (Å²) < 4.78 is 19.5. The average molecular weight is 480 g/mol. The van der Waals surface area contributed by atoms with Gasteiger partial charge in [-0.3, -0.25) is 9.59 Å². The van der Waals surface area contributed by atoms with Gasteiger partial charge in [0, 0.05) is 36.1 Å². The van der Waals surface area contributed by atoms with Crippen molar-refractivity contribution >= 4 is 35.0 Å². The molecule has 0 spiro atoms. The summed E-state index contributed by atoms with van der Waals surface area (Å²) in [7, 11) is 0. The summed E-state index contributed by atoms with van der Waals surface area (Å²) in [5, 5.41) is 15.4. The largest absolute Gasteiger partial charge is 0.508 e. The number of aromatic nitrogens is 2. The lowest BCUT2D eigenvalue weighted by atomic mass is 9.96. The Morgan fingerprint density at radius 3 is 2.54 bits per heavy atom. The normalized spacial score (nSPS) is 13.8. The van der Waals surface area contributed by atoms with Crippen molar-refractivity contribution in [1.29, 1.82) is 0 Å². The van der Waals surface area contributed by atoms with E-state index in [0.717, 1.165) is 6.20 Å². The molecule has 0 radical (unpaired) electrons. The number of hydrogen-bond donors (Lipinski definition) is 3. The summed E-state index contributed by atoms with van der Waals surface area (Å²) in [5.74, 6) is -1.08. The zero-order valence-corrected chi connectivity index (χ0v) is 19.2. The number of ether oxygens (including phenoxy) is 1. The highest BCUT2D eigenvalue weighted by molar-refractivity contribution is 5.95. The third-order valence-corrected chi connectivity index (χ3v) is 5.62. The zero-order chi connectivity index (χ0) is 24.8. The molecule has 0 saturated carbocycles. The van der Waals surface area contributed by atoms with Gasteiger partial charge < -0.3 is 25.4 Å². The third-order valence-electron chi connectivity index (χ3n) is 5.62. The monoisotopic (exact) mass is 479 g/mol. The molecule has 0 aliphatic carbocycles. The predicted octanol–water partition coefficient (Wildman–Crippen LogP) is 4.22. The van der Waals surface area contributed by atoms with Gasteiger partial charge in [-0.25, -0.2) is 9.37 Å². The van der Waals surface area contributed by atoms with Crippen LogP contribution < -0.4 is 10.6 Å². The first-order valence-electron chi connectivity index (χ1n) is 11.3. The van der Waals surface area contributed by atoms with Crippen molar-refractivity contribution in [3.63, 3.8) is 0 Å². The lowest BCUT2D eigenvalue weighted by molar-refractivity contribution is -0.149. The van der Waals surface area contributed by atoms with E-state index in [9.17, 15) is 19.1 Å². The molecule has 1 amide bonds. The van der Waals surface area contributed by atoms with E-state index in [2.05, 4.69) is 20.6 Å². The number of nitrogens with one attached hydrogen (secondary N) is 2. The molecule has 9 nitrogen and oxygen atoms in total. The van der Waals surface area contributed by atoms with Gasteiger partial charge in [0.1, 0.15) is 5.75 Å². The quantitative estimate of drug-likeness (QED) is 0.431. The van der Waals surface area contributed by atoms with Crippen LogP contribution in [0.5, 0.6) is 5.75 Å². The Morgan fingerprint density at radius 2 is 1.83 bits per heavy atom. The minimum absolute atomic E-state index is 0.0671. The highest BCUT2D eigenvalue weighted by Gasteiger charge is 2.28. The van der Waals surface area contributed by atoms with Crippen LogP contribution in [0.1, 0.15) is 30.1 Å². The number of amides is 1. The van der Waals surface area contributed by atoms with E-state index in [1.165, 1.54) is 12.1 Å². The number of phenols is 1. The van der Waals surface area contributed by atoms with Gasteiger partial charge in [-0.05, 0) is 50.1 Å². The number of carbonyl (C=O) groups is 2. The Morgan fingerprint density at radius 1 is 1.11 bits per heavy atom.